The van der Waals surface area contributed by atoms with E-state index in [1.54, 1.807) is 22.8 Å². The van der Waals surface area contributed by atoms with Crippen molar-refractivity contribution in [2.45, 2.75) is 50.1 Å². The molecule has 1 heterocycles. The van der Waals surface area contributed by atoms with E-state index < -0.39 is 10.0 Å². The molecule has 0 bridgehead atoms. The quantitative estimate of drug-likeness (QED) is 0.929. The van der Waals surface area contributed by atoms with Crippen LogP contribution in [0.15, 0.2) is 16.3 Å². The van der Waals surface area contributed by atoms with Crippen molar-refractivity contribution in [3.8, 4) is 0 Å². The smallest absolute Gasteiger partial charge is 0.243 e. The lowest BCUT2D eigenvalue weighted by atomic mass is 9.87. The molecule has 0 aromatic carbocycles. The Balaban J connectivity index is 2.14. The topological polar surface area (TPSA) is 63.4 Å². The van der Waals surface area contributed by atoms with Crippen LogP contribution in [0.5, 0.6) is 0 Å². The summed E-state index contributed by atoms with van der Waals surface area (Å²) in [6, 6.07) is 1.84. The van der Waals surface area contributed by atoms with Gasteiger partial charge in [-0.1, -0.05) is 6.92 Å². The van der Waals surface area contributed by atoms with Crippen molar-refractivity contribution in [2.24, 2.45) is 11.7 Å². The first-order valence-corrected chi connectivity index (χ1v) is 9.02. The lowest BCUT2D eigenvalue weighted by Crippen LogP contribution is -2.39. The van der Waals surface area contributed by atoms with Gasteiger partial charge in [0.15, 0.2) is 0 Å². The van der Waals surface area contributed by atoms with Gasteiger partial charge < -0.3 is 5.73 Å². The molecule has 0 saturated heterocycles. The highest BCUT2D eigenvalue weighted by Gasteiger charge is 2.30. The largest absolute Gasteiger partial charge is 0.326 e. The van der Waals surface area contributed by atoms with Crippen LogP contribution >= 0.6 is 11.3 Å². The number of hydrogen-bond acceptors (Lipinski definition) is 4. The second-order valence-electron chi connectivity index (χ2n) is 5.39. The molecular formula is C13H22N2O2S2. The Morgan fingerprint density at radius 2 is 2.00 bits per heavy atom. The first-order valence-electron chi connectivity index (χ1n) is 6.70. The standard InChI is InChI=1S/C13H22N2O2S2/c1-10-3-5-11(6-4-10)15(2)19(16,17)13-7-12(8-14)18-9-13/h7,9-11H,3-6,8,14H2,1-2H3. The summed E-state index contributed by atoms with van der Waals surface area (Å²) in [6.45, 7) is 2.63. The zero-order valence-corrected chi connectivity index (χ0v) is 13.1. The molecule has 0 aliphatic heterocycles. The predicted octanol–water partition coefficient (Wildman–Crippen LogP) is 2.41. The normalized spacial score (nSPS) is 24.8. The molecule has 0 amide bonds. The van der Waals surface area contributed by atoms with Crippen LogP contribution in [0.25, 0.3) is 0 Å². The van der Waals surface area contributed by atoms with Crippen molar-refractivity contribution in [1.29, 1.82) is 0 Å². The lowest BCUT2D eigenvalue weighted by Gasteiger charge is -2.32. The Kier molecular flexibility index (Phi) is 4.66. The molecule has 0 atom stereocenters. The molecule has 1 aromatic rings. The number of nitrogens with zero attached hydrogens (tertiary/aromatic N) is 1. The summed E-state index contributed by atoms with van der Waals surface area (Å²) < 4.78 is 26.6. The van der Waals surface area contributed by atoms with E-state index in [1.165, 1.54) is 11.3 Å². The summed E-state index contributed by atoms with van der Waals surface area (Å²) in [5.74, 6) is 0.720. The Morgan fingerprint density at radius 1 is 1.37 bits per heavy atom. The van der Waals surface area contributed by atoms with E-state index in [1.807, 2.05) is 0 Å². The van der Waals surface area contributed by atoms with Crippen molar-refractivity contribution in [3.63, 3.8) is 0 Å². The van der Waals surface area contributed by atoms with E-state index in [2.05, 4.69) is 6.92 Å². The highest BCUT2D eigenvalue weighted by atomic mass is 32.2. The van der Waals surface area contributed by atoms with Crippen molar-refractivity contribution in [3.05, 3.63) is 16.3 Å². The van der Waals surface area contributed by atoms with E-state index in [0.29, 0.717) is 11.4 Å². The van der Waals surface area contributed by atoms with Crippen LogP contribution in [0.1, 0.15) is 37.5 Å². The fourth-order valence-electron chi connectivity index (χ4n) is 2.57. The monoisotopic (exact) mass is 302 g/mol. The fraction of sp³-hybridized carbons (Fsp3) is 0.692. The summed E-state index contributed by atoms with van der Waals surface area (Å²) in [6.07, 6.45) is 4.15. The average molecular weight is 302 g/mol. The summed E-state index contributed by atoms with van der Waals surface area (Å²) in [7, 11) is -1.65. The fourth-order valence-corrected chi connectivity index (χ4v) is 5.13. The Labute approximate surface area is 119 Å². The molecule has 1 aromatic heterocycles. The SMILES string of the molecule is CC1CCC(N(C)S(=O)(=O)c2csc(CN)c2)CC1. The summed E-state index contributed by atoms with van der Waals surface area (Å²) in [5.41, 5.74) is 5.54. The van der Waals surface area contributed by atoms with Gasteiger partial charge in [0.2, 0.25) is 10.0 Å². The minimum absolute atomic E-state index is 0.141. The van der Waals surface area contributed by atoms with E-state index in [4.69, 9.17) is 5.73 Å². The van der Waals surface area contributed by atoms with Crippen LogP contribution in [0, 0.1) is 5.92 Å². The molecule has 0 unspecified atom stereocenters. The molecule has 2 rings (SSSR count). The zero-order valence-electron chi connectivity index (χ0n) is 11.5. The van der Waals surface area contributed by atoms with Gasteiger partial charge in [0.1, 0.15) is 0 Å². The molecular weight excluding hydrogens is 280 g/mol. The van der Waals surface area contributed by atoms with Gasteiger partial charge in [-0.3, -0.25) is 0 Å². The van der Waals surface area contributed by atoms with Crippen LogP contribution in [0.4, 0.5) is 0 Å². The van der Waals surface area contributed by atoms with Crippen molar-refractivity contribution in [2.75, 3.05) is 7.05 Å². The van der Waals surface area contributed by atoms with Crippen molar-refractivity contribution >= 4 is 21.4 Å². The third-order valence-electron chi connectivity index (χ3n) is 4.01. The van der Waals surface area contributed by atoms with Gasteiger partial charge in [-0.05, 0) is 37.7 Å². The Morgan fingerprint density at radius 3 is 2.53 bits per heavy atom. The number of nitrogens with two attached hydrogens (primary N) is 1. The van der Waals surface area contributed by atoms with Gasteiger partial charge in [0.05, 0.1) is 4.90 Å². The van der Waals surface area contributed by atoms with Gasteiger partial charge in [-0.25, -0.2) is 8.42 Å². The molecule has 2 N–H and O–H groups in total. The third-order valence-corrected chi connectivity index (χ3v) is 7.00. The van der Waals surface area contributed by atoms with Gasteiger partial charge >= 0.3 is 0 Å². The van der Waals surface area contributed by atoms with Crippen LogP contribution < -0.4 is 5.73 Å². The molecule has 6 heteroatoms. The van der Waals surface area contributed by atoms with Crippen LogP contribution in [-0.4, -0.2) is 25.8 Å². The molecule has 0 radical (unpaired) electrons. The van der Waals surface area contributed by atoms with E-state index in [9.17, 15) is 8.42 Å². The molecule has 1 aliphatic rings. The maximum absolute atomic E-state index is 12.5. The molecule has 1 fully saturated rings. The van der Waals surface area contributed by atoms with Gasteiger partial charge in [0.25, 0.3) is 0 Å². The van der Waals surface area contributed by atoms with E-state index in [0.717, 1.165) is 36.5 Å². The number of sulfonamides is 1. The minimum atomic E-state index is -3.36. The third kappa shape index (κ3) is 3.18. The molecule has 108 valence electrons. The minimum Gasteiger partial charge on any atom is -0.326 e. The molecule has 0 spiro atoms. The van der Waals surface area contributed by atoms with Crippen LogP contribution in [0.3, 0.4) is 0 Å². The maximum Gasteiger partial charge on any atom is 0.243 e. The lowest BCUT2D eigenvalue weighted by molar-refractivity contribution is 0.246. The second-order valence-corrected chi connectivity index (χ2v) is 8.38. The highest BCUT2D eigenvalue weighted by Crippen LogP contribution is 2.30. The van der Waals surface area contributed by atoms with Crippen molar-refractivity contribution < 1.29 is 8.42 Å². The Hall–Kier alpha value is -0.430. The molecule has 19 heavy (non-hydrogen) atoms. The summed E-state index contributed by atoms with van der Waals surface area (Å²) in [4.78, 5) is 1.29. The van der Waals surface area contributed by atoms with E-state index in [-0.39, 0.29) is 6.04 Å². The van der Waals surface area contributed by atoms with Crippen LogP contribution in [-0.2, 0) is 16.6 Å². The highest BCUT2D eigenvalue weighted by molar-refractivity contribution is 7.89. The van der Waals surface area contributed by atoms with Gasteiger partial charge in [-0.15, -0.1) is 11.3 Å². The van der Waals surface area contributed by atoms with Gasteiger partial charge in [-0.2, -0.15) is 4.31 Å². The number of rotatable bonds is 4. The molecule has 1 saturated carbocycles. The first kappa shape index (κ1) is 15.0. The summed E-state index contributed by atoms with van der Waals surface area (Å²) in [5, 5.41) is 1.69. The molecule has 4 nitrogen and oxygen atoms in total. The number of thiophene rings is 1. The zero-order chi connectivity index (χ0) is 14.0. The Bertz CT molecular complexity index is 517. The maximum atomic E-state index is 12.5. The molecule has 1 aliphatic carbocycles. The van der Waals surface area contributed by atoms with Crippen molar-refractivity contribution in [1.82, 2.24) is 4.31 Å². The second kappa shape index (κ2) is 5.91. The average Bonchev–Trinajstić information content (AvgIpc) is 2.88. The van der Waals surface area contributed by atoms with E-state index >= 15 is 0 Å². The number of hydrogen-bond donors (Lipinski definition) is 1. The summed E-state index contributed by atoms with van der Waals surface area (Å²) >= 11 is 1.41. The van der Waals surface area contributed by atoms with Gasteiger partial charge in [0, 0.05) is 29.9 Å². The van der Waals surface area contributed by atoms with Crippen LogP contribution in [0.2, 0.25) is 0 Å². The predicted molar refractivity (Wildman–Crippen MR) is 78.6 cm³/mol. The first-order chi connectivity index (χ1) is 8.95.